The van der Waals surface area contributed by atoms with Crippen LogP contribution in [0.3, 0.4) is 0 Å². The van der Waals surface area contributed by atoms with Crippen LogP contribution in [0, 0.1) is 0 Å². The van der Waals surface area contributed by atoms with Gasteiger partial charge in [-0.25, -0.2) is 9.13 Å². The van der Waals surface area contributed by atoms with Crippen LogP contribution in [0.1, 0.15) is 136 Å². The minimum atomic E-state index is -4.88. The van der Waals surface area contributed by atoms with E-state index in [0.29, 0.717) is 25.7 Å². The maximum atomic E-state index is 12.6. The second-order valence-electron chi connectivity index (χ2n) is 13.9. The highest BCUT2D eigenvalue weighted by Crippen LogP contribution is 2.43. The normalized spacial score (nSPS) is 14.8. The van der Waals surface area contributed by atoms with Gasteiger partial charge in [0.25, 0.3) is 0 Å². The molecule has 0 spiro atoms. The molecule has 0 fully saturated rings. The Morgan fingerprint density at radius 2 is 1.02 bits per heavy atom. The summed E-state index contributed by atoms with van der Waals surface area (Å²) in [5, 5.41) is 9.73. The smallest absolute Gasteiger partial charge is 0.462 e. The summed E-state index contributed by atoms with van der Waals surface area (Å²) in [6, 6.07) is 0. The summed E-state index contributed by atoms with van der Waals surface area (Å²) < 4.78 is 47.6. The van der Waals surface area contributed by atoms with Crippen LogP contribution in [0.5, 0.6) is 0 Å². The Morgan fingerprint density at radius 3 is 1.62 bits per heavy atom. The summed E-state index contributed by atoms with van der Waals surface area (Å²) in [6.07, 6.45) is 40.0. The molecule has 0 aromatic heterocycles. The number of carbonyl (C=O) groups is 3. The number of hydrogen-bond acceptors (Lipinski definition) is 11. The number of aliphatic hydroxyl groups is 1. The highest BCUT2D eigenvalue weighted by molar-refractivity contribution is 7.47. The number of rotatable bonds is 39. The van der Waals surface area contributed by atoms with Gasteiger partial charge >= 0.3 is 27.6 Å². The van der Waals surface area contributed by atoms with Crippen LogP contribution in [0.2, 0.25) is 0 Å². The molecule has 0 radical (unpaired) electrons. The average molecular weight is 887 g/mol. The molecule has 14 nitrogen and oxygen atoms in total. The Bertz CT molecular complexity index is 1440. The maximum Gasteiger partial charge on any atom is 0.472 e. The third-order valence-electron chi connectivity index (χ3n) is 8.22. The minimum absolute atomic E-state index is 0.0544. The number of carbonyl (C=O) groups excluding carboxylic acids is 3. The maximum absolute atomic E-state index is 12.6. The molecular formula is C44H72O14P2. The lowest BCUT2D eigenvalue weighted by atomic mass is 10.1. The first-order valence-corrected chi connectivity index (χ1v) is 24.3. The van der Waals surface area contributed by atoms with Crippen LogP contribution in [0.15, 0.2) is 85.1 Å². The van der Waals surface area contributed by atoms with Crippen molar-refractivity contribution < 1.29 is 66.3 Å². The lowest BCUT2D eigenvalue weighted by molar-refractivity contribution is -0.161. The zero-order chi connectivity index (χ0) is 44.6. The predicted molar refractivity (Wildman–Crippen MR) is 235 cm³/mol. The van der Waals surface area contributed by atoms with Crippen LogP contribution in [0.4, 0.5) is 0 Å². The highest BCUT2D eigenvalue weighted by Gasteiger charge is 2.28. The molecule has 0 heterocycles. The van der Waals surface area contributed by atoms with E-state index in [1.165, 1.54) is 19.3 Å². The Morgan fingerprint density at radius 1 is 0.533 bits per heavy atom. The van der Waals surface area contributed by atoms with Crippen LogP contribution >= 0.6 is 15.6 Å². The van der Waals surface area contributed by atoms with Crippen molar-refractivity contribution in [2.75, 3.05) is 26.4 Å². The largest absolute Gasteiger partial charge is 0.472 e. The molecule has 0 saturated carbocycles. The molecule has 4 N–H and O–H groups in total. The average Bonchev–Trinajstić information content (AvgIpc) is 3.20. The van der Waals surface area contributed by atoms with Gasteiger partial charge in [0, 0.05) is 19.3 Å². The van der Waals surface area contributed by atoms with Crippen LogP contribution in [-0.4, -0.2) is 76.1 Å². The van der Waals surface area contributed by atoms with E-state index in [1.807, 2.05) is 36.5 Å². The van der Waals surface area contributed by atoms with Crippen molar-refractivity contribution in [3.05, 3.63) is 85.1 Å². The molecule has 0 bridgehead atoms. The van der Waals surface area contributed by atoms with Crippen molar-refractivity contribution in [3.8, 4) is 0 Å². The van der Waals surface area contributed by atoms with Crippen molar-refractivity contribution in [2.24, 2.45) is 0 Å². The molecule has 0 amide bonds. The van der Waals surface area contributed by atoms with Crippen molar-refractivity contribution in [1.29, 1.82) is 0 Å². The van der Waals surface area contributed by atoms with E-state index in [1.54, 1.807) is 12.2 Å². The summed E-state index contributed by atoms with van der Waals surface area (Å²) in [5.74, 6) is -1.04. The van der Waals surface area contributed by atoms with Crippen LogP contribution in [0.25, 0.3) is 0 Å². The van der Waals surface area contributed by atoms with Crippen molar-refractivity contribution in [3.63, 3.8) is 0 Å². The van der Waals surface area contributed by atoms with E-state index >= 15 is 0 Å². The highest BCUT2D eigenvalue weighted by atomic mass is 31.2. The fourth-order valence-corrected chi connectivity index (χ4v) is 6.10. The van der Waals surface area contributed by atoms with Gasteiger partial charge < -0.3 is 29.3 Å². The van der Waals surface area contributed by atoms with Gasteiger partial charge in [0.2, 0.25) is 0 Å². The summed E-state index contributed by atoms with van der Waals surface area (Å²) in [7, 11) is -9.73. The number of phosphoric acid groups is 2. The number of phosphoric ester groups is 2. The molecule has 0 rings (SSSR count). The number of hydrogen-bond donors (Lipinski definition) is 4. The molecule has 0 aliphatic carbocycles. The first kappa shape index (κ1) is 57.0. The topological polar surface area (TPSA) is 212 Å². The van der Waals surface area contributed by atoms with Crippen molar-refractivity contribution >= 4 is 33.4 Å². The van der Waals surface area contributed by atoms with E-state index in [4.69, 9.17) is 23.8 Å². The SMILES string of the molecule is CCCCC/C=C\C/C=C\C/C=C\CCCCC(=O)O[C@H](COC(=O)CCC/C=C\C/C=C\C/C=C\C=C\C(=O)CCCCC)COP(=O)(O)OC[C@@H](O)COP(=O)(O)O. The summed E-state index contributed by atoms with van der Waals surface area (Å²) >= 11 is 0. The lowest BCUT2D eigenvalue weighted by Crippen LogP contribution is -2.29. The Hall–Kier alpha value is -3.03. The van der Waals surface area contributed by atoms with Gasteiger partial charge in [0.1, 0.15) is 12.7 Å². The van der Waals surface area contributed by atoms with Gasteiger partial charge in [-0.1, -0.05) is 119 Å². The number of unbranched alkanes of at least 4 members (excludes halogenated alkanes) is 8. The van der Waals surface area contributed by atoms with Gasteiger partial charge in [-0.05, 0) is 83.1 Å². The summed E-state index contributed by atoms with van der Waals surface area (Å²) in [4.78, 5) is 64.3. The molecule has 60 heavy (non-hydrogen) atoms. The van der Waals surface area contributed by atoms with E-state index in [0.717, 1.165) is 64.2 Å². The third kappa shape index (κ3) is 41.7. The van der Waals surface area contributed by atoms with Crippen LogP contribution < -0.4 is 0 Å². The Balaban J connectivity index is 4.74. The van der Waals surface area contributed by atoms with Crippen LogP contribution in [-0.2, 0) is 46.6 Å². The molecule has 0 saturated heterocycles. The fourth-order valence-electron chi connectivity index (χ4n) is 4.95. The Labute approximate surface area is 358 Å². The second-order valence-corrected chi connectivity index (χ2v) is 16.6. The Kier molecular flexibility index (Phi) is 36.9. The second kappa shape index (κ2) is 38.9. The number of ketones is 1. The summed E-state index contributed by atoms with van der Waals surface area (Å²) in [6.45, 7) is 1.42. The van der Waals surface area contributed by atoms with Gasteiger partial charge in [0.05, 0.1) is 19.8 Å². The zero-order valence-corrected chi connectivity index (χ0v) is 37.6. The monoisotopic (exact) mass is 886 g/mol. The van der Waals surface area contributed by atoms with Crippen molar-refractivity contribution in [2.45, 2.75) is 148 Å². The van der Waals surface area contributed by atoms with Gasteiger partial charge in [-0.3, -0.25) is 28.0 Å². The number of ether oxygens (including phenoxy) is 2. The van der Waals surface area contributed by atoms with E-state index in [9.17, 15) is 33.5 Å². The van der Waals surface area contributed by atoms with E-state index in [2.05, 4.69) is 59.4 Å². The quantitative estimate of drug-likeness (QED) is 0.0113. The zero-order valence-electron chi connectivity index (χ0n) is 35.8. The lowest BCUT2D eigenvalue weighted by Gasteiger charge is -2.20. The van der Waals surface area contributed by atoms with Gasteiger partial charge in [0.15, 0.2) is 11.9 Å². The van der Waals surface area contributed by atoms with E-state index < -0.39 is 66.2 Å². The molecule has 342 valence electrons. The molecule has 3 atom stereocenters. The molecule has 0 aliphatic heterocycles. The summed E-state index contributed by atoms with van der Waals surface area (Å²) in [5.41, 5.74) is 0. The fraction of sp³-hybridized carbons (Fsp3) is 0.614. The van der Waals surface area contributed by atoms with E-state index in [-0.39, 0.29) is 18.6 Å². The first-order chi connectivity index (χ1) is 28.8. The van der Waals surface area contributed by atoms with Crippen molar-refractivity contribution in [1.82, 2.24) is 0 Å². The first-order valence-electron chi connectivity index (χ1n) is 21.2. The minimum Gasteiger partial charge on any atom is -0.462 e. The van der Waals surface area contributed by atoms with Gasteiger partial charge in [-0.2, -0.15) is 0 Å². The molecule has 0 aliphatic rings. The van der Waals surface area contributed by atoms with Gasteiger partial charge in [-0.15, -0.1) is 0 Å². The molecular weight excluding hydrogens is 814 g/mol. The molecule has 16 heteroatoms. The molecule has 0 aromatic carbocycles. The number of allylic oxidation sites excluding steroid dienone is 14. The predicted octanol–water partition coefficient (Wildman–Crippen LogP) is 9.96. The number of esters is 2. The molecule has 0 aromatic rings. The number of aliphatic hydroxyl groups excluding tert-OH is 1. The third-order valence-corrected chi connectivity index (χ3v) is 9.66. The molecule has 1 unspecified atom stereocenters. The standard InChI is InChI=1S/C44H72O14P2/c1-3-5-7-8-9-10-11-12-13-14-17-21-24-27-31-35-44(48)58-42(39-57-60(52,53)56-37-41(46)36-55-59(49,50)51)38-54-43(47)34-30-26-23-20-18-15-16-19-22-25-29-33-40(45)32-28-6-4-2/h9-10,12-13,15-17,20-23,25,29,33,41-42,46H,3-8,11,14,18-19,24,26-28,30-32,34-39H2,1-2H3,(H,52,53)(H2,49,50,51)/b10-9-,13-12-,16-15-,21-17-,23-20-,25-22-,33-29+/t41-,42+/m0/s1.